The highest BCUT2D eigenvalue weighted by atomic mass is 35.5. The third-order valence-corrected chi connectivity index (χ3v) is 4.11. The molecule has 0 bridgehead atoms. The van der Waals surface area contributed by atoms with Crippen molar-refractivity contribution in [3.8, 4) is 17.1 Å². The van der Waals surface area contributed by atoms with Crippen molar-refractivity contribution in [3.63, 3.8) is 0 Å². The Hall–Kier alpha value is -2.81. The van der Waals surface area contributed by atoms with E-state index in [2.05, 4.69) is 20.3 Å². The minimum absolute atomic E-state index is 0.00639. The molecule has 0 fully saturated rings. The topological polar surface area (TPSA) is 75.9 Å². The van der Waals surface area contributed by atoms with Crippen LogP contribution in [-0.2, 0) is 13.2 Å². The first kappa shape index (κ1) is 19.0. The van der Waals surface area contributed by atoms with Gasteiger partial charge in [0.1, 0.15) is 5.82 Å². The minimum atomic E-state index is -4.49. The number of hydrogen-bond donors (Lipinski definition) is 2. The van der Waals surface area contributed by atoms with E-state index in [4.69, 9.17) is 11.6 Å². The summed E-state index contributed by atoms with van der Waals surface area (Å²) in [7, 11) is 1.51. The molecule has 1 unspecified atom stereocenters. The second kappa shape index (κ2) is 7.07. The van der Waals surface area contributed by atoms with Gasteiger partial charge in [-0.3, -0.25) is 0 Å². The molecule has 0 aliphatic rings. The van der Waals surface area contributed by atoms with Gasteiger partial charge in [-0.05, 0) is 24.1 Å². The Morgan fingerprint density at radius 1 is 1.19 bits per heavy atom. The summed E-state index contributed by atoms with van der Waals surface area (Å²) < 4.78 is 39.8. The van der Waals surface area contributed by atoms with Gasteiger partial charge < -0.3 is 15.0 Å². The molecule has 27 heavy (non-hydrogen) atoms. The molecule has 10 heteroatoms. The first-order valence-electron chi connectivity index (χ1n) is 7.84. The predicted octanol–water partition coefficient (Wildman–Crippen LogP) is 4.43. The highest BCUT2D eigenvalue weighted by molar-refractivity contribution is 6.28. The zero-order valence-electron chi connectivity index (χ0n) is 14.3. The largest absolute Gasteiger partial charge is 0.503 e. The molecule has 0 radical (unpaired) electrons. The van der Waals surface area contributed by atoms with E-state index in [-0.39, 0.29) is 28.7 Å². The van der Waals surface area contributed by atoms with Crippen molar-refractivity contribution in [2.75, 3.05) is 5.32 Å². The average molecular weight is 398 g/mol. The molecule has 0 amide bonds. The van der Waals surface area contributed by atoms with Crippen molar-refractivity contribution in [1.82, 2.24) is 19.5 Å². The number of hydrogen-bond acceptors (Lipinski definition) is 5. The molecule has 0 aliphatic carbocycles. The van der Waals surface area contributed by atoms with Crippen LogP contribution in [0.5, 0.6) is 5.75 Å². The Labute approximate surface area is 157 Å². The lowest BCUT2D eigenvalue weighted by Crippen LogP contribution is -2.08. The molecule has 1 aromatic carbocycles. The molecule has 2 N–H and O–H groups in total. The van der Waals surface area contributed by atoms with E-state index in [9.17, 15) is 18.3 Å². The van der Waals surface area contributed by atoms with Crippen LogP contribution in [-0.4, -0.2) is 24.6 Å². The third kappa shape index (κ3) is 4.13. The summed E-state index contributed by atoms with van der Waals surface area (Å²) in [6.45, 7) is 1.84. The molecule has 142 valence electrons. The van der Waals surface area contributed by atoms with Crippen LogP contribution in [0.3, 0.4) is 0 Å². The maximum Gasteiger partial charge on any atom is 0.434 e. The van der Waals surface area contributed by atoms with Gasteiger partial charge in [-0.15, -0.1) is 0 Å². The second-order valence-electron chi connectivity index (χ2n) is 5.92. The Morgan fingerprint density at radius 2 is 1.85 bits per heavy atom. The fourth-order valence-corrected chi connectivity index (χ4v) is 2.67. The van der Waals surface area contributed by atoms with Gasteiger partial charge in [0.25, 0.3) is 0 Å². The molecule has 3 rings (SSSR count). The van der Waals surface area contributed by atoms with Crippen LogP contribution in [0, 0.1) is 0 Å². The van der Waals surface area contributed by atoms with Crippen molar-refractivity contribution >= 4 is 17.4 Å². The van der Waals surface area contributed by atoms with Gasteiger partial charge in [-0.25, -0.2) is 9.97 Å². The van der Waals surface area contributed by atoms with E-state index in [0.717, 1.165) is 11.8 Å². The Balaban J connectivity index is 1.81. The highest BCUT2D eigenvalue weighted by Gasteiger charge is 2.34. The molecule has 0 saturated heterocycles. The molecule has 3 aromatic rings. The standard InChI is InChI=1S/C17H15ClF3N5O/c1-9(23-14-12(27)7-22-16(18)25-14)10-3-5-11(6-4-10)15-24-13(8-26(15)2)17(19,20)21/h3-9,27H,1-2H3,(H,22,23,25). The number of aromatic nitrogens is 4. The molecule has 0 spiro atoms. The number of nitrogens with one attached hydrogen (secondary N) is 1. The SMILES string of the molecule is CC(Nc1nc(Cl)ncc1O)c1ccc(-c2nc(C(F)(F)F)cn2C)cc1. The summed E-state index contributed by atoms with van der Waals surface area (Å²) in [5.41, 5.74) is 0.449. The van der Waals surface area contributed by atoms with Gasteiger partial charge >= 0.3 is 6.18 Å². The number of nitrogens with zero attached hydrogens (tertiary/aromatic N) is 4. The fraction of sp³-hybridized carbons (Fsp3) is 0.235. The first-order valence-corrected chi connectivity index (χ1v) is 8.22. The van der Waals surface area contributed by atoms with Crippen molar-refractivity contribution in [1.29, 1.82) is 0 Å². The van der Waals surface area contributed by atoms with Crippen molar-refractivity contribution in [2.45, 2.75) is 19.1 Å². The van der Waals surface area contributed by atoms with E-state index in [1.54, 1.807) is 24.3 Å². The van der Waals surface area contributed by atoms with Gasteiger partial charge in [-0.1, -0.05) is 24.3 Å². The van der Waals surface area contributed by atoms with Gasteiger partial charge in [0.05, 0.1) is 12.2 Å². The number of halogens is 4. The summed E-state index contributed by atoms with van der Waals surface area (Å²) in [6, 6.07) is 6.64. The van der Waals surface area contributed by atoms with E-state index in [1.165, 1.54) is 17.8 Å². The van der Waals surface area contributed by atoms with Crippen molar-refractivity contribution in [3.05, 3.63) is 53.2 Å². The van der Waals surface area contributed by atoms with Crippen LogP contribution in [0.25, 0.3) is 11.4 Å². The zero-order valence-corrected chi connectivity index (χ0v) is 15.0. The van der Waals surface area contributed by atoms with Gasteiger partial charge in [0.15, 0.2) is 17.3 Å². The summed E-state index contributed by atoms with van der Waals surface area (Å²) in [5.74, 6) is 0.260. The lowest BCUT2D eigenvalue weighted by atomic mass is 10.1. The van der Waals surface area contributed by atoms with E-state index < -0.39 is 11.9 Å². The summed E-state index contributed by atoms with van der Waals surface area (Å²) in [6.07, 6.45) is -2.35. The van der Waals surface area contributed by atoms with Crippen molar-refractivity contribution in [2.24, 2.45) is 7.05 Å². The van der Waals surface area contributed by atoms with E-state index in [0.29, 0.717) is 5.56 Å². The second-order valence-corrected chi connectivity index (χ2v) is 6.26. The molecule has 2 heterocycles. The smallest absolute Gasteiger partial charge is 0.434 e. The minimum Gasteiger partial charge on any atom is -0.503 e. The molecular formula is C17H15ClF3N5O. The maximum absolute atomic E-state index is 12.8. The Bertz CT molecular complexity index is 956. The first-order chi connectivity index (χ1) is 12.6. The average Bonchev–Trinajstić information content (AvgIpc) is 3.00. The molecule has 6 nitrogen and oxygen atoms in total. The van der Waals surface area contributed by atoms with E-state index >= 15 is 0 Å². The van der Waals surface area contributed by atoms with Crippen LogP contribution in [0.2, 0.25) is 5.28 Å². The summed E-state index contributed by atoms with van der Waals surface area (Å²) in [4.78, 5) is 11.3. The van der Waals surface area contributed by atoms with Crippen LogP contribution < -0.4 is 5.32 Å². The van der Waals surface area contributed by atoms with E-state index in [1.807, 2.05) is 6.92 Å². The van der Waals surface area contributed by atoms with Gasteiger partial charge in [0.2, 0.25) is 5.28 Å². The van der Waals surface area contributed by atoms with Crippen LogP contribution in [0.4, 0.5) is 19.0 Å². The molecule has 0 aliphatic heterocycles. The highest BCUT2D eigenvalue weighted by Crippen LogP contribution is 2.31. The quantitative estimate of drug-likeness (QED) is 0.637. The monoisotopic (exact) mass is 397 g/mol. The number of aromatic hydroxyl groups is 1. The maximum atomic E-state index is 12.8. The normalized spacial score (nSPS) is 12.8. The molecule has 1 atom stereocenters. The molecule has 2 aromatic heterocycles. The van der Waals surface area contributed by atoms with Crippen LogP contribution in [0.1, 0.15) is 24.2 Å². The number of aryl methyl sites for hydroxylation is 1. The predicted molar refractivity (Wildman–Crippen MR) is 94.4 cm³/mol. The number of benzene rings is 1. The lowest BCUT2D eigenvalue weighted by molar-refractivity contribution is -0.140. The molecule has 0 saturated carbocycles. The number of rotatable bonds is 4. The lowest BCUT2D eigenvalue weighted by Gasteiger charge is -2.16. The summed E-state index contributed by atoms with van der Waals surface area (Å²) >= 11 is 5.72. The zero-order chi connectivity index (χ0) is 19.8. The van der Waals surface area contributed by atoms with Gasteiger partial charge in [-0.2, -0.15) is 18.2 Å². The Kier molecular flexibility index (Phi) is 4.97. The van der Waals surface area contributed by atoms with Crippen LogP contribution >= 0.6 is 11.6 Å². The van der Waals surface area contributed by atoms with Gasteiger partial charge in [0, 0.05) is 18.8 Å². The van der Waals surface area contributed by atoms with Crippen LogP contribution in [0.15, 0.2) is 36.7 Å². The number of imidazole rings is 1. The van der Waals surface area contributed by atoms with Crippen molar-refractivity contribution < 1.29 is 18.3 Å². The Morgan fingerprint density at radius 3 is 2.44 bits per heavy atom. The number of alkyl halides is 3. The fourth-order valence-electron chi connectivity index (χ4n) is 2.54. The third-order valence-electron chi connectivity index (χ3n) is 3.93. The summed E-state index contributed by atoms with van der Waals surface area (Å²) in [5, 5.41) is 12.8. The number of anilines is 1. The molecular weight excluding hydrogens is 383 g/mol.